The Morgan fingerprint density at radius 1 is 1.19 bits per heavy atom. The molecule has 3 atom stereocenters. The Labute approximate surface area is 121 Å². The number of carbonyl (C=O) groups excluding carboxylic acids is 1. The van der Waals surface area contributed by atoms with E-state index in [1.165, 1.54) is 0 Å². The number of carbonyl (C=O) groups is 3. The van der Waals surface area contributed by atoms with Gasteiger partial charge in [-0.3, -0.25) is 4.79 Å². The molecule has 0 amide bonds. The highest BCUT2D eigenvalue weighted by molar-refractivity contribution is 5.83. The van der Waals surface area contributed by atoms with Crippen molar-refractivity contribution in [2.24, 2.45) is 5.92 Å². The van der Waals surface area contributed by atoms with Crippen molar-refractivity contribution in [2.75, 3.05) is 19.7 Å². The van der Waals surface area contributed by atoms with Crippen molar-refractivity contribution in [1.29, 1.82) is 0 Å². The average Bonchev–Trinajstić information content (AvgIpc) is 2.47. The van der Waals surface area contributed by atoms with E-state index in [9.17, 15) is 14.4 Å². The molecule has 1 fully saturated rings. The van der Waals surface area contributed by atoms with Crippen LogP contribution < -0.4 is 5.32 Å². The number of nitrogens with one attached hydrogen (secondary N) is 1. The molecule has 9 heteroatoms. The number of rotatable bonds is 5. The SMILES string of the molecule is CCOC(=O)[C@@H]1CCCNC1.O=C(O)[C@@H](O)[C@H](O)C(=O)O. The van der Waals surface area contributed by atoms with Crippen LogP contribution in [0.3, 0.4) is 0 Å². The van der Waals surface area contributed by atoms with Crippen molar-refractivity contribution in [3.05, 3.63) is 0 Å². The van der Waals surface area contributed by atoms with Crippen LogP contribution in [0.5, 0.6) is 0 Å². The highest BCUT2D eigenvalue weighted by atomic mass is 16.5. The van der Waals surface area contributed by atoms with E-state index in [0.717, 1.165) is 25.9 Å². The molecule has 1 heterocycles. The van der Waals surface area contributed by atoms with Gasteiger partial charge in [0, 0.05) is 6.54 Å². The molecule has 1 aliphatic rings. The van der Waals surface area contributed by atoms with Gasteiger partial charge in [0.05, 0.1) is 12.5 Å². The van der Waals surface area contributed by atoms with Gasteiger partial charge >= 0.3 is 17.9 Å². The van der Waals surface area contributed by atoms with Crippen molar-refractivity contribution in [2.45, 2.75) is 32.0 Å². The van der Waals surface area contributed by atoms with E-state index in [2.05, 4.69) is 5.32 Å². The molecule has 1 rings (SSSR count). The molecule has 0 radical (unpaired) electrons. The first-order valence-corrected chi connectivity index (χ1v) is 6.50. The smallest absolute Gasteiger partial charge is 0.335 e. The van der Waals surface area contributed by atoms with Crippen LogP contribution in [0.4, 0.5) is 0 Å². The third kappa shape index (κ3) is 7.59. The second-order valence-corrected chi connectivity index (χ2v) is 4.36. The van der Waals surface area contributed by atoms with Crippen LogP contribution in [-0.4, -0.2) is 70.2 Å². The van der Waals surface area contributed by atoms with Crippen LogP contribution in [0, 0.1) is 5.92 Å². The van der Waals surface area contributed by atoms with Crippen LogP contribution in [0.25, 0.3) is 0 Å². The fourth-order valence-electron chi connectivity index (χ4n) is 1.58. The third-order valence-electron chi connectivity index (χ3n) is 2.72. The number of esters is 1. The molecule has 21 heavy (non-hydrogen) atoms. The summed E-state index contributed by atoms with van der Waals surface area (Å²) >= 11 is 0. The molecule has 5 N–H and O–H groups in total. The lowest BCUT2D eigenvalue weighted by atomic mass is 10.0. The van der Waals surface area contributed by atoms with Gasteiger partial charge < -0.3 is 30.5 Å². The quantitative estimate of drug-likeness (QED) is 0.379. The number of aliphatic hydroxyl groups excluding tert-OH is 2. The minimum Gasteiger partial charge on any atom is -0.479 e. The molecular formula is C12H21NO8. The van der Waals surface area contributed by atoms with Gasteiger partial charge in [-0.15, -0.1) is 0 Å². The second-order valence-electron chi connectivity index (χ2n) is 4.36. The van der Waals surface area contributed by atoms with Gasteiger partial charge in [0.25, 0.3) is 0 Å². The molecule has 0 aromatic carbocycles. The summed E-state index contributed by atoms with van der Waals surface area (Å²) in [5, 5.41) is 35.7. The maximum atomic E-state index is 11.1. The summed E-state index contributed by atoms with van der Waals surface area (Å²) in [7, 11) is 0. The van der Waals surface area contributed by atoms with Crippen molar-refractivity contribution < 1.29 is 39.5 Å². The van der Waals surface area contributed by atoms with Crippen LogP contribution in [-0.2, 0) is 19.1 Å². The largest absolute Gasteiger partial charge is 0.479 e. The average molecular weight is 307 g/mol. The summed E-state index contributed by atoms with van der Waals surface area (Å²) in [4.78, 5) is 30.7. The maximum Gasteiger partial charge on any atom is 0.335 e. The Morgan fingerprint density at radius 2 is 1.71 bits per heavy atom. The molecule has 0 unspecified atom stereocenters. The molecule has 0 aromatic heterocycles. The zero-order valence-electron chi connectivity index (χ0n) is 11.7. The van der Waals surface area contributed by atoms with E-state index in [1.807, 2.05) is 6.92 Å². The van der Waals surface area contributed by atoms with Gasteiger partial charge in [0.15, 0.2) is 12.2 Å². The predicted molar refractivity (Wildman–Crippen MR) is 69.5 cm³/mol. The highest BCUT2D eigenvalue weighted by Crippen LogP contribution is 2.11. The summed E-state index contributed by atoms with van der Waals surface area (Å²) in [6.07, 6.45) is -2.47. The number of carboxylic acids is 2. The standard InChI is InChI=1S/C8H15NO2.C4H6O6/c1-2-11-8(10)7-4-3-5-9-6-7;5-1(3(7)8)2(6)4(9)10/h7,9H,2-6H2,1H3;1-2,5-6H,(H,7,8)(H,9,10)/t7-;1-,2-/m10/s1. The zero-order valence-corrected chi connectivity index (χ0v) is 11.7. The first-order chi connectivity index (χ1) is 9.81. The molecule has 0 spiro atoms. The van der Waals surface area contributed by atoms with Gasteiger partial charge in [-0.2, -0.15) is 0 Å². The number of aliphatic carboxylic acids is 2. The number of carboxylic acid groups (broad SMARTS) is 2. The van der Waals surface area contributed by atoms with Crippen molar-refractivity contribution in [1.82, 2.24) is 5.32 Å². The lowest BCUT2D eigenvalue weighted by Gasteiger charge is -2.20. The normalized spacial score (nSPS) is 20.4. The Balaban J connectivity index is 0.000000384. The van der Waals surface area contributed by atoms with E-state index in [-0.39, 0.29) is 11.9 Å². The van der Waals surface area contributed by atoms with E-state index >= 15 is 0 Å². The summed E-state index contributed by atoms with van der Waals surface area (Å²) in [6.45, 7) is 4.16. The van der Waals surface area contributed by atoms with Crippen LogP contribution >= 0.6 is 0 Å². The number of ether oxygens (including phenoxy) is 1. The summed E-state index contributed by atoms with van der Waals surface area (Å²) in [5.74, 6) is -3.48. The van der Waals surface area contributed by atoms with E-state index in [1.54, 1.807) is 0 Å². The molecule has 0 bridgehead atoms. The first-order valence-electron chi connectivity index (χ1n) is 6.50. The number of piperidine rings is 1. The van der Waals surface area contributed by atoms with Crippen molar-refractivity contribution in [3.63, 3.8) is 0 Å². The Hall–Kier alpha value is -1.71. The number of aliphatic hydroxyl groups is 2. The Kier molecular flexibility index (Phi) is 9.26. The fraction of sp³-hybridized carbons (Fsp3) is 0.750. The monoisotopic (exact) mass is 307 g/mol. The van der Waals surface area contributed by atoms with E-state index in [0.29, 0.717) is 6.61 Å². The van der Waals surface area contributed by atoms with Crippen molar-refractivity contribution >= 4 is 17.9 Å². The highest BCUT2D eigenvalue weighted by Gasteiger charge is 2.29. The van der Waals surface area contributed by atoms with Crippen LogP contribution in [0.15, 0.2) is 0 Å². The molecule has 122 valence electrons. The van der Waals surface area contributed by atoms with Gasteiger partial charge in [-0.25, -0.2) is 9.59 Å². The lowest BCUT2D eigenvalue weighted by Crippen LogP contribution is -2.39. The van der Waals surface area contributed by atoms with Crippen molar-refractivity contribution in [3.8, 4) is 0 Å². The predicted octanol–water partition coefficient (Wildman–Crippen LogP) is -1.57. The summed E-state index contributed by atoms with van der Waals surface area (Å²) < 4.78 is 4.90. The third-order valence-corrected chi connectivity index (χ3v) is 2.72. The minimum atomic E-state index is -2.27. The van der Waals surface area contributed by atoms with Gasteiger partial charge in [-0.05, 0) is 26.3 Å². The molecule has 1 aliphatic heterocycles. The van der Waals surface area contributed by atoms with E-state index < -0.39 is 24.1 Å². The molecular weight excluding hydrogens is 286 g/mol. The lowest BCUT2D eigenvalue weighted by molar-refractivity contribution is -0.165. The molecule has 0 aliphatic carbocycles. The second kappa shape index (κ2) is 10.1. The van der Waals surface area contributed by atoms with Gasteiger partial charge in [0.2, 0.25) is 0 Å². The fourth-order valence-corrected chi connectivity index (χ4v) is 1.58. The minimum absolute atomic E-state index is 0.0419. The Morgan fingerprint density at radius 3 is 2.05 bits per heavy atom. The summed E-state index contributed by atoms with van der Waals surface area (Å²) in [6, 6.07) is 0. The van der Waals surface area contributed by atoms with Gasteiger partial charge in [0.1, 0.15) is 0 Å². The summed E-state index contributed by atoms with van der Waals surface area (Å²) in [5.41, 5.74) is 0. The van der Waals surface area contributed by atoms with Gasteiger partial charge in [-0.1, -0.05) is 0 Å². The molecule has 0 saturated carbocycles. The van der Waals surface area contributed by atoms with E-state index in [4.69, 9.17) is 25.2 Å². The maximum absolute atomic E-state index is 11.1. The Bertz CT molecular complexity index is 335. The molecule has 9 nitrogen and oxygen atoms in total. The molecule has 1 saturated heterocycles. The van der Waals surface area contributed by atoms with Crippen LogP contribution in [0.2, 0.25) is 0 Å². The number of hydrogen-bond acceptors (Lipinski definition) is 7. The molecule has 0 aromatic rings. The zero-order chi connectivity index (χ0) is 16.4. The van der Waals surface area contributed by atoms with Crippen LogP contribution in [0.1, 0.15) is 19.8 Å². The topological polar surface area (TPSA) is 153 Å². The first kappa shape index (κ1) is 19.3. The number of hydrogen-bond donors (Lipinski definition) is 5.